The number of hydrogen-bond acceptors (Lipinski definition) is 16. The monoisotopic (exact) mass is 2760 g/mol. The SMILES string of the molecule is CC(=O)C=C(C)O.CC(=O)C=C(C)O.CC(=O)C=C(C)O.CC(=O)C=C(C)O.CC(=O)C=C(C)O.CC1(C)c2ccccc2-c2c[c-]c(-c3nccc4ccccc34)cc21.Fc1[c-]c(-c2nccc3ccccc23)cc(F)c1.Fc1c[c-]c(-c2nccc3ccccc23)cc1.N#Cc1c[c-]c(-c2nccc3ccccc23)cc1.[Ir].[Ir].[Ir].[Ir].[Ir].[c-]1cc(-c2ccccc2)ccc1-c1nccc2ccccc12. The second kappa shape index (κ2) is 59.5. The maximum Gasteiger partial charge on any atom is 0.155 e. The van der Waals surface area contributed by atoms with E-state index < -0.39 is 11.6 Å². The van der Waals surface area contributed by atoms with Crippen LogP contribution in [0.1, 0.15) is 99.8 Å². The first-order valence-electron chi connectivity index (χ1n) is 42.5. The first kappa shape index (κ1) is 119. The van der Waals surface area contributed by atoms with Gasteiger partial charge in [-0.2, -0.15) is 0 Å². The van der Waals surface area contributed by atoms with Gasteiger partial charge >= 0.3 is 0 Å². The van der Waals surface area contributed by atoms with Crippen LogP contribution in [-0.4, -0.2) is 79.4 Å². The van der Waals surface area contributed by atoms with Crippen molar-refractivity contribution >= 4 is 82.8 Å². The van der Waals surface area contributed by atoms with Crippen LogP contribution in [0.4, 0.5) is 13.2 Å². The number of nitriles is 1. The molecule has 16 nitrogen and oxygen atoms in total. The van der Waals surface area contributed by atoms with Crippen LogP contribution in [0.5, 0.6) is 0 Å². The van der Waals surface area contributed by atoms with Gasteiger partial charge in [-0.3, -0.25) is 28.4 Å². The number of pyridine rings is 5. The normalized spacial score (nSPS) is 11.1. The molecule has 0 bridgehead atoms. The van der Waals surface area contributed by atoms with E-state index in [2.05, 4.69) is 196 Å². The topological polar surface area (TPSA) is 275 Å². The van der Waals surface area contributed by atoms with Crippen molar-refractivity contribution in [1.82, 2.24) is 24.9 Å². The zero-order chi connectivity index (χ0) is 97.7. The molecule has 0 atom stereocenters. The van der Waals surface area contributed by atoms with Gasteiger partial charge in [0, 0.05) is 185 Å². The largest absolute Gasteiger partial charge is 0.512 e. The maximum atomic E-state index is 13.2. The number of carbonyl (C=O) groups excluding carboxylic acids is 5. The fourth-order valence-corrected chi connectivity index (χ4v) is 14.1. The number of rotatable bonds is 11. The van der Waals surface area contributed by atoms with Crippen LogP contribution in [0.15, 0.2) is 375 Å². The van der Waals surface area contributed by atoms with E-state index in [1.807, 2.05) is 134 Å². The van der Waals surface area contributed by atoms with E-state index in [9.17, 15) is 37.1 Å². The molecule has 0 saturated carbocycles. The van der Waals surface area contributed by atoms with Gasteiger partial charge in [0.25, 0.3) is 0 Å². The zero-order valence-corrected chi connectivity index (χ0v) is 90.1. The molecule has 24 heteroatoms. The average Bonchev–Trinajstić information content (AvgIpc) is 1.58. The molecule has 1 aliphatic rings. The Morgan fingerprint density at radius 2 is 0.621 bits per heavy atom. The van der Waals surface area contributed by atoms with Crippen LogP contribution < -0.4 is 0 Å². The summed E-state index contributed by atoms with van der Waals surface area (Å²) in [5, 5.41) is 61.6. The number of carbonyl (C=O) groups is 5. The number of halogens is 3. The molecule has 0 spiro atoms. The number of fused-ring (bicyclic) bond motifs is 8. The first-order valence-corrected chi connectivity index (χ1v) is 42.5. The fraction of sp³-hybridized carbons (Fsp3) is 0.112. The summed E-state index contributed by atoms with van der Waals surface area (Å²) in [4.78, 5) is 72.3. The van der Waals surface area contributed by atoms with Crippen molar-refractivity contribution in [3.63, 3.8) is 0 Å². The minimum absolute atomic E-state index is 0. The summed E-state index contributed by atoms with van der Waals surface area (Å²) in [5.41, 5.74) is 16.8. The van der Waals surface area contributed by atoms with Crippen molar-refractivity contribution in [1.29, 1.82) is 5.26 Å². The second-order valence-corrected chi connectivity index (χ2v) is 31.2. The molecular formula is C116H98F3Ir5N6O10-5. The van der Waals surface area contributed by atoms with Crippen molar-refractivity contribution in [2.75, 3.05) is 0 Å². The van der Waals surface area contributed by atoms with Crippen molar-refractivity contribution < 1.29 is 163 Å². The quantitative estimate of drug-likeness (QED) is 0.0457. The van der Waals surface area contributed by atoms with E-state index in [4.69, 9.17) is 30.8 Å². The Hall–Kier alpha value is -13.7. The van der Waals surface area contributed by atoms with Gasteiger partial charge < -0.3 is 50.5 Å². The summed E-state index contributed by atoms with van der Waals surface area (Å²) in [7, 11) is 0. The molecule has 5 radical (unpaired) electrons. The first-order chi connectivity index (χ1) is 64.7. The molecule has 723 valence electrons. The number of benzene rings is 12. The molecular weight excluding hydrogens is 2660 g/mol. The van der Waals surface area contributed by atoms with E-state index in [0.717, 1.165) is 88.8 Å². The van der Waals surface area contributed by atoms with Crippen molar-refractivity contribution in [3.05, 3.63) is 440 Å². The Labute approximate surface area is 881 Å². The van der Waals surface area contributed by atoms with Gasteiger partial charge in [-0.15, -0.1) is 137 Å². The van der Waals surface area contributed by atoms with E-state index in [1.165, 1.54) is 167 Å². The number of ketones is 5. The smallest absolute Gasteiger partial charge is 0.155 e. The Kier molecular flexibility index (Phi) is 50.4. The molecule has 0 fully saturated rings. The molecule has 5 aromatic heterocycles. The summed E-state index contributed by atoms with van der Waals surface area (Å²) in [6, 6.07) is 109. The number of nitrogens with zero attached hydrogens (tertiary/aromatic N) is 6. The third kappa shape index (κ3) is 36.6. The number of allylic oxidation sites excluding steroid dienone is 10. The number of aliphatic hydroxyl groups excluding tert-OH is 5. The maximum absolute atomic E-state index is 13.2. The summed E-state index contributed by atoms with van der Waals surface area (Å²) in [6.45, 7) is 18.8. The van der Waals surface area contributed by atoms with Gasteiger partial charge in [-0.1, -0.05) is 218 Å². The fourth-order valence-electron chi connectivity index (χ4n) is 14.1. The van der Waals surface area contributed by atoms with Gasteiger partial charge in [0.05, 0.1) is 28.8 Å². The molecule has 1 aliphatic carbocycles. The van der Waals surface area contributed by atoms with Crippen molar-refractivity contribution in [2.24, 2.45) is 0 Å². The van der Waals surface area contributed by atoms with Gasteiger partial charge in [0.1, 0.15) is 0 Å². The standard InChI is InChI=1S/C24H18N.C21H14N.C16H9N2.C15H8F2N.C15H9FN.5C5H8O2.5Ir/c1-24(2)21-10-6-5-9-19(21)20-12-11-17(15-22(20)24)23-18-8-4-3-7-16(18)13-14-25-23;1-2-6-16(7-3-1)17-10-12-19(13-11-17)21-20-9-5-4-8-18(20)14-15-22-21;17-11-12-5-7-14(8-6-12)16-15-4-2-1-3-13(15)9-10-18-16;16-12-7-11(8-13(17)9-12)15-14-4-2-1-3-10(14)5-6-18-15;16-13-7-5-12(6-8-13)15-14-4-2-1-3-11(14)9-10-17-15;5*1-4(6)3-5(2)7;;;;;/h3-10,12-15H,1-2H3;1-12,14-15H;1-7,9-10H;1-7,9H;1-5,7-10H;5*3,6H,1-2H3;;;;;/q5*-1;;;;;;;;;;. The molecule has 17 aromatic rings. The van der Waals surface area contributed by atoms with Gasteiger partial charge in [0.15, 0.2) is 28.9 Å². The van der Waals surface area contributed by atoms with Crippen LogP contribution in [0.2, 0.25) is 0 Å². The summed E-state index contributed by atoms with van der Waals surface area (Å²) in [6.07, 6.45) is 14.8. The zero-order valence-electron chi connectivity index (χ0n) is 78.2. The van der Waals surface area contributed by atoms with Gasteiger partial charge in [-0.25, -0.2) is 14.0 Å². The second-order valence-electron chi connectivity index (χ2n) is 31.2. The molecule has 140 heavy (non-hydrogen) atoms. The Morgan fingerprint density at radius 3 is 0.936 bits per heavy atom. The van der Waals surface area contributed by atoms with Gasteiger partial charge in [0.2, 0.25) is 0 Å². The Balaban J connectivity index is 0.000000335. The summed E-state index contributed by atoms with van der Waals surface area (Å²) >= 11 is 0. The minimum atomic E-state index is -0.722. The molecule has 0 unspecified atom stereocenters. The Morgan fingerprint density at radius 1 is 0.307 bits per heavy atom. The van der Waals surface area contributed by atoms with Crippen molar-refractivity contribution in [3.8, 4) is 84.6 Å². The molecule has 0 aliphatic heterocycles. The Bertz CT molecular complexity index is 7030. The minimum Gasteiger partial charge on any atom is -0.512 e. The molecule has 0 saturated heterocycles. The van der Waals surface area contributed by atoms with Gasteiger partial charge in [-0.05, 0) is 198 Å². The van der Waals surface area contributed by atoms with Crippen LogP contribution in [0, 0.1) is 59.1 Å². The summed E-state index contributed by atoms with van der Waals surface area (Å²) < 4.78 is 39.3. The number of hydrogen-bond donors (Lipinski definition) is 5. The van der Waals surface area contributed by atoms with Crippen LogP contribution in [0.25, 0.3) is 132 Å². The third-order valence-electron chi connectivity index (χ3n) is 19.7. The molecule has 5 heterocycles. The van der Waals surface area contributed by atoms with Crippen LogP contribution in [-0.2, 0) is 130 Å². The van der Waals surface area contributed by atoms with E-state index in [-0.39, 0.29) is 169 Å². The predicted octanol–water partition coefficient (Wildman–Crippen LogP) is 27.9. The molecule has 18 rings (SSSR count). The van der Waals surface area contributed by atoms with E-state index in [0.29, 0.717) is 16.8 Å². The van der Waals surface area contributed by atoms with E-state index in [1.54, 1.807) is 36.8 Å². The number of aromatic nitrogens is 5. The van der Waals surface area contributed by atoms with Crippen LogP contribution in [0.3, 0.4) is 0 Å². The predicted molar refractivity (Wildman–Crippen MR) is 533 cm³/mol. The van der Waals surface area contributed by atoms with Crippen molar-refractivity contribution in [2.45, 2.75) is 88.5 Å². The molecule has 0 amide bonds. The van der Waals surface area contributed by atoms with Crippen LogP contribution >= 0.6 is 0 Å². The summed E-state index contributed by atoms with van der Waals surface area (Å²) in [5.74, 6) is -1.95. The molecule has 12 aromatic carbocycles. The van der Waals surface area contributed by atoms with E-state index >= 15 is 0 Å². The number of aliphatic hydroxyl groups is 5. The average molecular weight is 2750 g/mol. The third-order valence-corrected chi connectivity index (χ3v) is 19.7. The molecule has 5 N–H and O–H groups in total.